The van der Waals surface area contributed by atoms with Gasteiger partial charge in [-0.05, 0) is 66.2 Å². The first kappa shape index (κ1) is 30.1. The van der Waals surface area contributed by atoms with E-state index in [9.17, 15) is 22.8 Å². The normalized spacial score (nSPS) is 13.3. The van der Waals surface area contributed by atoms with Crippen LogP contribution in [0.5, 0.6) is 0 Å². The van der Waals surface area contributed by atoms with E-state index >= 15 is 0 Å². The van der Waals surface area contributed by atoms with Gasteiger partial charge in [-0.1, -0.05) is 70.2 Å². The zero-order valence-electron chi connectivity index (χ0n) is 22.6. The van der Waals surface area contributed by atoms with Crippen molar-refractivity contribution in [1.29, 1.82) is 0 Å². The summed E-state index contributed by atoms with van der Waals surface area (Å²) >= 11 is 4.44. The quantitative estimate of drug-likeness (QED) is 0.151. The third-order valence-corrected chi connectivity index (χ3v) is 9.10. The van der Waals surface area contributed by atoms with Crippen molar-refractivity contribution in [2.75, 3.05) is 22.0 Å². The zero-order chi connectivity index (χ0) is 30.6. The smallest absolute Gasteiger partial charge is 0.338 e. The van der Waals surface area contributed by atoms with E-state index in [-0.39, 0.29) is 27.4 Å². The summed E-state index contributed by atoms with van der Waals surface area (Å²) in [5, 5.41) is 3.09. The summed E-state index contributed by atoms with van der Waals surface area (Å²) in [5.74, 6) is -2.11. The van der Waals surface area contributed by atoms with Crippen LogP contribution in [-0.4, -0.2) is 33.3 Å². The molecule has 12 heteroatoms. The Morgan fingerprint density at radius 2 is 1.56 bits per heavy atom. The van der Waals surface area contributed by atoms with Crippen LogP contribution in [0.25, 0.3) is 0 Å². The molecule has 0 unspecified atom stereocenters. The molecule has 0 spiro atoms. The fourth-order valence-electron chi connectivity index (χ4n) is 4.32. The minimum absolute atomic E-state index is 0.103. The van der Waals surface area contributed by atoms with Crippen LogP contribution in [0, 0.1) is 0 Å². The summed E-state index contributed by atoms with van der Waals surface area (Å²) in [5.41, 5.74) is 1.84. The van der Waals surface area contributed by atoms with E-state index in [1.807, 2.05) is 12.1 Å². The molecule has 2 N–H and O–H groups in total. The van der Waals surface area contributed by atoms with E-state index in [0.717, 1.165) is 21.1 Å². The molecule has 0 aliphatic carbocycles. The van der Waals surface area contributed by atoms with Gasteiger partial charge in [0.05, 0.1) is 24.1 Å². The van der Waals surface area contributed by atoms with Gasteiger partial charge in [0.1, 0.15) is 10.6 Å². The largest absolute Gasteiger partial charge is 0.465 e. The molecule has 9 nitrogen and oxygen atoms in total. The maximum Gasteiger partial charge on any atom is 0.338 e. The van der Waals surface area contributed by atoms with Crippen molar-refractivity contribution in [2.24, 2.45) is 0 Å². The van der Waals surface area contributed by atoms with Gasteiger partial charge in [0.25, 0.3) is 11.8 Å². The number of nitrogens with one attached hydrogen (secondary N) is 2. The van der Waals surface area contributed by atoms with Gasteiger partial charge >= 0.3 is 5.97 Å². The molecule has 0 saturated carbocycles. The van der Waals surface area contributed by atoms with Crippen LogP contribution < -0.4 is 14.9 Å². The lowest BCUT2D eigenvalue weighted by Gasteiger charge is -2.15. The molecule has 4 aromatic carbocycles. The maximum absolute atomic E-state index is 13.6. The van der Waals surface area contributed by atoms with Crippen molar-refractivity contribution >= 4 is 72.6 Å². The number of hydrogen-bond donors (Lipinski definition) is 2. The molecule has 5 rings (SSSR count). The summed E-state index contributed by atoms with van der Waals surface area (Å²) < 4.78 is 34.3. The number of rotatable bonds is 10. The molecule has 0 saturated heterocycles. The second kappa shape index (κ2) is 12.9. The second-order valence-electron chi connectivity index (χ2n) is 9.26. The summed E-state index contributed by atoms with van der Waals surface area (Å²) in [6.45, 7) is 0. The predicted octanol–water partition coefficient (Wildman–Crippen LogP) is 6.17. The number of esters is 1. The van der Waals surface area contributed by atoms with Crippen LogP contribution >= 0.6 is 27.7 Å². The molecule has 4 aromatic rings. The average molecular weight is 679 g/mol. The van der Waals surface area contributed by atoms with Crippen molar-refractivity contribution in [2.45, 2.75) is 10.6 Å². The first-order valence-corrected chi connectivity index (χ1v) is 16.1. The molecule has 0 fully saturated rings. The van der Waals surface area contributed by atoms with Gasteiger partial charge in [0.15, 0.2) is 0 Å². The highest BCUT2D eigenvalue weighted by molar-refractivity contribution is 9.10. The van der Waals surface area contributed by atoms with E-state index in [4.69, 9.17) is 4.74 Å². The van der Waals surface area contributed by atoms with E-state index in [1.165, 1.54) is 13.2 Å². The Kier molecular flexibility index (Phi) is 9.00. The van der Waals surface area contributed by atoms with Crippen molar-refractivity contribution < 1.29 is 27.5 Å². The van der Waals surface area contributed by atoms with E-state index in [2.05, 4.69) is 26.0 Å². The highest BCUT2D eigenvalue weighted by Crippen LogP contribution is 2.38. The lowest BCUT2D eigenvalue weighted by molar-refractivity contribution is -0.120. The van der Waals surface area contributed by atoms with Crippen LogP contribution in [0.3, 0.4) is 0 Å². The molecule has 0 atom stereocenters. The second-order valence-corrected chi connectivity index (χ2v) is 13.0. The number of benzene rings is 4. The Morgan fingerprint density at radius 3 is 2.28 bits per heavy atom. The van der Waals surface area contributed by atoms with Crippen molar-refractivity contribution in [1.82, 2.24) is 0 Å². The summed E-state index contributed by atoms with van der Waals surface area (Å²) in [7, 11) is -2.71. The molecular weight excluding hydrogens is 654 g/mol. The average Bonchev–Trinajstić information content (AvgIpc) is 3.22. The predicted molar refractivity (Wildman–Crippen MR) is 170 cm³/mol. The molecule has 43 heavy (non-hydrogen) atoms. The van der Waals surface area contributed by atoms with Crippen molar-refractivity contribution in [3.63, 3.8) is 0 Å². The molecule has 1 aliphatic heterocycles. The van der Waals surface area contributed by atoms with E-state index < -0.39 is 33.6 Å². The van der Waals surface area contributed by atoms with Crippen LogP contribution in [0.2, 0.25) is 0 Å². The molecule has 1 aliphatic rings. The number of halogens is 1. The number of carbonyl (C=O) groups excluding carboxylic acids is 3. The van der Waals surface area contributed by atoms with Gasteiger partial charge < -0.3 is 10.1 Å². The molecule has 2 amide bonds. The van der Waals surface area contributed by atoms with Crippen LogP contribution in [0.15, 0.2) is 123 Å². The van der Waals surface area contributed by atoms with Gasteiger partial charge in [0, 0.05) is 20.7 Å². The first-order chi connectivity index (χ1) is 20.6. The molecule has 0 bridgehead atoms. The van der Waals surface area contributed by atoms with Crippen molar-refractivity contribution in [3.05, 3.63) is 129 Å². The van der Waals surface area contributed by atoms with Gasteiger partial charge in [-0.2, -0.15) is 0 Å². The highest BCUT2D eigenvalue weighted by Gasteiger charge is 2.40. The minimum atomic E-state index is -3.94. The minimum Gasteiger partial charge on any atom is -0.465 e. The topological polar surface area (TPSA) is 122 Å². The lowest BCUT2D eigenvalue weighted by atomic mass is 10.1. The van der Waals surface area contributed by atoms with Gasteiger partial charge in [-0.25, -0.2) is 18.1 Å². The highest BCUT2D eigenvalue weighted by atomic mass is 79.9. The fraction of sp³-hybridized carbons (Fsp3) is 0.0645. The van der Waals surface area contributed by atoms with Crippen LogP contribution in [-0.2, 0) is 30.1 Å². The standard InChI is InChI=1S/C31H24BrN3O6S2/c1-41-31(38)26-13-6-5-8-20(26)19-43(39,40)34-23-9-7-12-25(18-23)42-28-27(33-22-16-14-21(32)15-17-22)29(36)35(30(28)37)24-10-3-2-4-11-24/h2-18,33-34H,19H2,1H3. The molecular formula is C31H24BrN3O6S2. The Morgan fingerprint density at radius 1 is 0.860 bits per heavy atom. The molecule has 0 radical (unpaired) electrons. The number of para-hydroxylation sites is 1. The van der Waals surface area contributed by atoms with Crippen LogP contribution in [0.4, 0.5) is 17.1 Å². The molecule has 0 aromatic heterocycles. The number of carbonyl (C=O) groups is 3. The number of anilines is 3. The summed E-state index contributed by atoms with van der Waals surface area (Å²) in [4.78, 5) is 41.1. The van der Waals surface area contributed by atoms with Gasteiger partial charge in [-0.15, -0.1) is 0 Å². The van der Waals surface area contributed by atoms with Gasteiger partial charge in [0.2, 0.25) is 10.0 Å². The number of nitrogens with zero attached hydrogens (tertiary/aromatic N) is 1. The Balaban J connectivity index is 1.42. The van der Waals surface area contributed by atoms with E-state index in [0.29, 0.717) is 16.3 Å². The summed E-state index contributed by atoms with van der Waals surface area (Å²) in [6, 6.07) is 28.6. The maximum atomic E-state index is 13.6. The monoisotopic (exact) mass is 677 g/mol. The Hall–Kier alpha value is -4.39. The number of imide groups is 1. The number of thioether (sulfide) groups is 1. The molecule has 1 heterocycles. The van der Waals surface area contributed by atoms with Crippen molar-refractivity contribution in [3.8, 4) is 0 Å². The first-order valence-electron chi connectivity index (χ1n) is 12.8. The third-order valence-electron chi connectivity index (χ3n) is 6.26. The number of methoxy groups -OCH3 is 1. The zero-order valence-corrected chi connectivity index (χ0v) is 25.8. The van der Waals surface area contributed by atoms with Gasteiger partial charge in [-0.3, -0.25) is 14.3 Å². The lowest BCUT2D eigenvalue weighted by Crippen LogP contribution is -2.32. The Labute approximate surface area is 261 Å². The number of ether oxygens (including phenoxy) is 1. The third kappa shape index (κ3) is 6.99. The summed E-state index contributed by atoms with van der Waals surface area (Å²) in [6.07, 6.45) is 0. The number of amides is 2. The number of sulfonamides is 1. The van der Waals surface area contributed by atoms with Crippen LogP contribution in [0.1, 0.15) is 15.9 Å². The Bertz CT molecular complexity index is 1850. The number of hydrogen-bond acceptors (Lipinski definition) is 8. The molecule has 218 valence electrons. The fourth-order valence-corrected chi connectivity index (χ4v) is 6.79. The SMILES string of the molecule is COC(=O)c1ccccc1CS(=O)(=O)Nc1cccc(SC2=C(Nc3ccc(Br)cc3)C(=O)N(c3ccccc3)C2=O)c1. The van der Waals surface area contributed by atoms with E-state index in [1.54, 1.807) is 84.9 Å².